The molecule has 3 aromatic rings. The number of benzene rings is 1. The van der Waals surface area contributed by atoms with E-state index in [4.69, 9.17) is 4.74 Å². The summed E-state index contributed by atoms with van der Waals surface area (Å²) in [5.74, 6) is 0.690. The summed E-state index contributed by atoms with van der Waals surface area (Å²) in [5.41, 5.74) is 3.00. The summed E-state index contributed by atoms with van der Waals surface area (Å²) >= 11 is 0. The van der Waals surface area contributed by atoms with Crippen LogP contribution in [0.3, 0.4) is 0 Å². The average molecular weight is 488 g/mol. The number of aryl methyl sites for hydroxylation is 1. The normalized spacial score (nSPS) is 18.1. The Morgan fingerprint density at radius 3 is 2.53 bits per heavy atom. The first-order chi connectivity index (χ1) is 15.9. The average Bonchev–Trinajstić information content (AvgIpc) is 3.25. The van der Waals surface area contributed by atoms with Gasteiger partial charge < -0.3 is 14.6 Å². The topological polar surface area (TPSA) is 83.5 Å². The molecule has 4 heterocycles. The fourth-order valence-corrected chi connectivity index (χ4v) is 5.25. The van der Waals surface area contributed by atoms with Crippen LogP contribution in [0.25, 0.3) is 21.8 Å². The number of carbonyl (C=O) groups is 1. The van der Waals surface area contributed by atoms with E-state index in [2.05, 4.69) is 28.8 Å². The molecule has 8 nitrogen and oxygen atoms in total. The Morgan fingerprint density at radius 2 is 1.85 bits per heavy atom. The van der Waals surface area contributed by atoms with Crippen LogP contribution in [0.15, 0.2) is 23.1 Å². The zero-order valence-electron chi connectivity index (χ0n) is 20.2. The first-order valence-electron chi connectivity index (χ1n) is 12.1. The SMILES string of the molecule is Cc1cc2[nH]c(=O)c3cnn(C4CCOCC4)c3c2cc1C(=O)N1CCN(CC(C)C)CC1.Cl. The van der Waals surface area contributed by atoms with Gasteiger partial charge in [0.1, 0.15) is 0 Å². The van der Waals surface area contributed by atoms with Crippen molar-refractivity contribution in [2.75, 3.05) is 45.9 Å². The summed E-state index contributed by atoms with van der Waals surface area (Å²) in [4.78, 5) is 33.7. The predicted molar refractivity (Wildman–Crippen MR) is 136 cm³/mol. The Labute approximate surface area is 205 Å². The van der Waals surface area contributed by atoms with Crippen LogP contribution in [0.2, 0.25) is 0 Å². The van der Waals surface area contributed by atoms with E-state index in [-0.39, 0.29) is 29.9 Å². The highest BCUT2D eigenvalue weighted by Gasteiger charge is 2.26. The molecule has 184 valence electrons. The number of carbonyl (C=O) groups excluding carboxylic acids is 1. The molecule has 1 aromatic carbocycles. The molecule has 0 spiro atoms. The third-order valence-corrected chi connectivity index (χ3v) is 6.96. The van der Waals surface area contributed by atoms with Gasteiger partial charge in [0.15, 0.2) is 0 Å². The maximum absolute atomic E-state index is 13.5. The number of piperazine rings is 1. The first-order valence-corrected chi connectivity index (χ1v) is 12.1. The molecule has 2 fully saturated rings. The van der Waals surface area contributed by atoms with Gasteiger partial charge in [-0.25, -0.2) is 0 Å². The zero-order valence-corrected chi connectivity index (χ0v) is 21.0. The van der Waals surface area contributed by atoms with Crippen LogP contribution < -0.4 is 5.56 Å². The first kappa shape index (κ1) is 24.7. The fourth-order valence-electron chi connectivity index (χ4n) is 5.25. The van der Waals surface area contributed by atoms with E-state index < -0.39 is 0 Å². The van der Waals surface area contributed by atoms with Crippen molar-refractivity contribution in [3.63, 3.8) is 0 Å². The number of H-pyrrole nitrogens is 1. The van der Waals surface area contributed by atoms with Gasteiger partial charge in [0, 0.05) is 56.9 Å². The van der Waals surface area contributed by atoms with Gasteiger partial charge in [-0.15, -0.1) is 12.4 Å². The van der Waals surface area contributed by atoms with Crippen molar-refractivity contribution in [1.29, 1.82) is 0 Å². The minimum absolute atomic E-state index is 0. The lowest BCUT2D eigenvalue weighted by Crippen LogP contribution is -2.49. The lowest BCUT2D eigenvalue weighted by Gasteiger charge is -2.35. The molecule has 2 saturated heterocycles. The smallest absolute Gasteiger partial charge is 0.259 e. The molecule has 0 aliphatic carbocycles. The number of pyridine rings is 1. The van der Waals surface area contributed by atoms with Crippen molar-refractivity contribution < 1.29 is 9.53 Å². The number of rotatable bonds is 4. The number of nitrogens with zero attached hydrogens (tertiary/aromatic N) is 4. The minimum Gasteiger partial charge on any atom is -0.381 e. The molecule has 2 aliphatic rings. The lowest BCUT2D eigenvalue weighted by molar-refractivity contribution is 0.0623. The largest absolute Gasteiger partial charge is 0.381 e. The van der Waals surface area contributed by atoms with E-state index in [1.807, 2.05) is 28.6 Å². The van der Waals surface area contributed by atoms with Crippen molar-refractivity contribution in [2.45, 2.75) is 39.7 Å². The number of aromatic nitrogens is 3. The monoisotopic (exact) mass is 487 g/mol. The fraction of sp³-hybridized carbons (Fsp3) is 0.560. The van der Waals surface area contributed by atoms with Crippen LogP contribution in [-0.4, -0.2) is 76.4 Å². The van der Waals surface area contributed by atoms with Gasteiger partial charge in [-0.05, 0) is 43.4 Å². The number of aromatic amines is 1. The summed E-state index contributed by atoms with van der Waals surface area (Å²) in [6.07, 6.45) is 3.38. The Kier molecular flexibility index (Phi) is 7.31. The minimum atomic E-state index is -0.143. The summed E-state index contributed by atoms with van der Waals surface area (Å²) in [7, 11) is 0. The highest BCUT2D eigenvalue weighted by molar-refractivity contribution is 6.07. The molecule has 0 unspecified atom stereocenters. The second-order valence-corrected chi connectivity index (χ2v) is 9.85. The second-order valence-electron chi connectivity index (χ2n) is 9.85. The van der Waals surface area contributed by atoms with E-state index in [0.29, 0.717) is 30.1 Å². The van der Waals surface area contributed by atoms with Crippen molar-refractivity contribution >= 4 is 40.1 Å². The van der Waals surface area contributed by atoms with Gasteiger partial charge in [0.05, 0.1) is 28.7 Å². The maximum atomic E-state index is 13.5. The van der Waals surface area contributed by atoms with E-state index >= 15 is 0 Å². The van der Waals surface area contributed by atoms with Gasteiger partial charge in [-0.2, -0.15) is 5.10 Å². The molecule has 0 radical (unpaired) electrons. The van der Waals surface area contributed by atoms with Crippen LogP contribution in [0, 0.1) is 12.8 Å². The van der Waals surface area contributed by atoms with Crippen molar-refractivity contribution in [3.8, 4) is 0 Å². The Bertz CT molecular complexity index is 1240. The van der Waals surface area contributed by atoms with Crippen LogP contribution in [-0.2, 0) is 4.74 Å². The number of halogens is 1. The van der Waals surface area contributed by atoms with Gasteiger partial charge in [-0.3, -0.25) is 19.2 Å². The van der Waals surface area contributed by atoms with Crippen LogP contribution in [0.5, 0.6) is 0 Å². The molecule has 0 saturated carbocycles. The quantitative estimate of drug-likeness (QED) is 0.610. The third-order valence-electron chi connectivity index (χ3n) is 6.96. The summed E-state index contributed by atoms with van der Waals surface area (Å²) in [6.45, 7) is 12.2. The molecule has 34 heavy (non-hydrogen) atoms. The molecule has 0 atom stereocenters. The van der Waals surface area contributed by atoms with Gasteiger partial charge in [0.2, 0.25) is 0 Å². The molecule has 1 amide bonds. The van der Waals surface area contributed by atoms with E-state index in [1.54, 1.807) is 6.20 Å². The number of hydrogen-bond acceptors (Lipinski definition) is 5. The Morgan fingerprint density at radius 1 is 1.15 bits per heavy atom. The van der Waals surface area contributed by atoms with E-state index in [0.717, 1.165) is 67.5 Å². The molecule has 2 aromatic heterocycles. The van der Waals surface area contributed by atoms with Crippen molar-refractivity contribution in [3.05, 3.63) is 39.8 Å². The van der Waals surface area contributed by atoms with Crippen molar-refractivity contribution in [2.24, 2.45) is 5.92 Å². The maximum Gasteiger partial charge on any atom is 0.259 e. The van der Waals surface area contributed by atoms with E-state index in [9.17, 15) is 9.59 Å². The molecule has 2 aliphatic heterocycles. The summed E-state index contributed by atoms with van der Waals surface area (Å²) in [5, 5.41) is 6.03. The van der Waals surface area contributed by atoms with Crippen LogP contribution in [0.1, 0.15) is 48.7 Å². The Balaban J connectivity index is 0.00000274. The van der Waals surface area contributed by atoms with Crippen molar-refractivity contribution in [1.82, 2.24) is 24.6 Å². The summed E-state index contributed by atoms with van der Waals surface area (Å²) < 4.78 is 7.50. The molecule has 0 bridgehead atoms. The highest BCUT2D eigenvalue weighted by Crippen LogP contribution is 2.30. The zero-order chi connectivity index (χ0) is 23.1. The molecular formula is C25H34ClN5O3. The number of ether oxygens (including phenoxy) is 1. The van der Waals surface area contributed by atoms with Gasteiger partial charge >= 0.3 is 0 Å². The number of amides is 1. The molecule has 1 N–H and O–H groups in total. The third kappa shape index (κ3) is 4.59. The second kappa shape index (κ2) is 10.1. The standard InChI is InChI=1S/C25H33N5O3.ClH/c1-16(2)15-28-6-8-29(9-7-28)25(32)19-13-20-22(12-17(19)3)27-24(31)21-14-26-30(23(20)21)18-4-10-33-11-5-18;/h12-14,16,18H,4-11,15H2,1-3H3,(H,27,31);1H. The lowest BCUT2D eigenvalue weighted by atomic mass is 10.0. The molecule has 5 rings (SSSR count). The number of nitrogens with one attached hydrogen (secondary N) is 1. The van der Waals surface area contributed by atoms with E-state index in [1.165, 1.54) is 0 Å². The highest BCUT2D eigenvalue weighted by atomic mass is 35.5. The summed E-state index contributed by atoms with van der Waals surface area (Å²) in [6, 6.07) is 4.08. The van der Waals surface area contributed by atoms with Crippen LogP contribution >= 0.6 is 12.4 Å². The Hall–Kier alpha value is -2.42. The molecular weight excluding hydrogens is 454 g/mol. The number of fused-ring (bicyclic) bond motifs is 3. The van der Waals surface area contributed by atoms with Crippen LogP contribution in [0.4, 0.5) is 0 Å². The van der Waals surface area contributed by atoms with Gasteiger partial charge in [-0.1, -0.05) is 13.8 Å². The number of hydrogen-bond donors (Lipinski definition) is 1. The molecule has 9 heteroatoms. The predicted octanol–water partition coefficient (Wildman–Crippen LogP) is 3.37. The van der Waals surface area contributed by atoms with Gasteiger partial charge in [0.25, 0.3) is 11.5 Å².